The Morgan fingerprint density at radius 3 is 2.67 bits per heavy atom. The molecule has 1 aromatic carbocycles. The van der Waals surface area contributed by atoms with Gasteiger partial charge in [-0.1, -0.05) is 31.2 Å². The van der Waals surface area contributed by atoms with Gasteiger partial charge in [-0.15, -0.1) is 0 Å². The normalized spacial score (nSPS) is 18.8. The van der Waals surface area contributed by atoms with Crippen LogP contribution in [0.25, 0.3) is 0 Å². The van der Waals surface area contributed by atoms with Gasteiger partial charge in [0.2, 0.25) is 0 Å². The molecule has 0 aromatic heterocycles. The van der Waals surface area contributed by atoms with Crippen LogP contribution in [-0.4, -0.2) is 19.8 Å². The molecule has 2 heteroatoms. The van der Waals surface area contributed by atoms with E-state index in [1.807, 2.05) is 0 Å². The molecule has 2 nitrogen and oxygen atoms in total. The number of benzene rings is 1. The summed E-state index contributed by atoms with van der Waals surface area (Å²) in [5.74, 6) is 0.808. The smallest absolute Gasteiger partial charge is 0.0468 e. The van der Waals surface area contributed by atoms with Gasteiger partial charge in [0.1, 0.15) is 0 Å². The Bertz CT molecular complexity index is 358. The molecule has 0 aliphatic carbocycles. The Labute approximate surface area is 111 Å². The van der Waals surface area contributed by atoms with Gasteiger partial charge in [-0.3, -0.25) is 0 Å². The van der Waals surface area contributed by atoms with Gasteiger partial charge in [0, 0.05) is 19.3 Å². The van der Waals surface area contributed by atoms with Crippen LogP contribution in [0, 0.1) is 12.8 Å². The predicted octanol–water partition coefficient (Wildman–Crippen LogP) is 3.46. The molecule has 0 saturated carbocycles. The summed E-state index contributed by atoms with van der Waals surface area (Å²) in [6, 6.07) is 9.25. The molecule has 2 rings (SSSR count). The first kappa shape index (κ1) is 13.6. The average Bonchev–Trinajstić information content (AvgIpc) is 2.40. The van der Waals surface area contributed by atoms with E-state index >= 15 is 0 Å². The van der Waals surface area contributed by atoms with E-state index < -0.39 is 0 Å². The summed E-state index contributed by atoms with van der Waals surface area (Å²) in [6.07, 6.45) is 3.67. The third-order valence-electron chi connectivity index (χ3n) is 3.92. The first-order valence-corrected chi connectivity index (χ1v) is 7.18. The monoisotopic (exact) mass is 247 g/mol. The Morgan fingerprint density at radius 1 is 1.28 bits per heavy atom. The van der Waals surface area contributed by atoms with Crippen LogP contribution in [-0.2, 0) is 4.74 Å². The third kappa shape index (κ3) is 3.56. The minimum Gasteiger partial charge on any atom is -0.381 e. The fraction of sp³-hybridized carbons (Fsp3) is 0.625. The molecule has 1 fully saturated rings. The number of rotatable bonds is 5. The van der Waals surface area contributed by atoms with E-state index in [2.05, 4.69) is 43.4 Å². The molecule has 18 heavy (non-hydrogen) atoms. The zero-order valence-electron chi connectivity index (χ0n) is 11.6. The fourth-order valence-corrected chi connectivity index (χ4v) is 2.86. The van der Waals surface area contributed by atoms with Crippen LogP contribution in [0.3, 0.4) is 0 Å². The third-order valence-corrected chi connectivity index (χ3v) is 3.92. The van der Waals surface area contributed by atoms with Gasteiger partial charge >= 0.3 is 0 Å². The molecule has 1 N–H and O–H groups in total. The maximum atomic E-state index is 5.45. The van der Waals surface area contributed by atoms with Gasteiger partial charge in [0.15, 0.2) is 0 Å². The lowest BCUT2D eigenvalue weighted by atomic mass is 9.88. The number of nitrogens with one attached hydrogen (secondary N) is 1. The topological polar surface area (TPSA) is 21.3 Å². The minimum atomic E-state index is 0.499. The maximum Gasteiger partial charge on any atom is 0.0468 e. The van der Waals surface area contributed by atoms with Gasteiger partial charge < -0.3 is 10.1 Å². The quantitative estimate of drug-likeness (QED) is 0.860. The van der Waals surface area contributed by atoms with Crippen LogP contribution in [0.5, 0.6) is 0 Å². The van der Waals surface area contributed by atoms with Gasteiger partial charge in [-0.2, -0.15) is 0 Å². The van der Waals surface area contributed by atoms with Crippen molar-refractivity contribution in [2.24, 2.45) is 5.92 Å². The summed E-state index contributed by atoms with van der Waals surface area (Å²) in [5, 5.41) is 3.65. The SMILES string of the molecule is CCNC(CC1CCOCC1)c1ccccc1C. The minimum absolute atomic E-state index is 0.499. The molecular weight excluding hydrogens is 222 g/mol. The van der Waals surface area contributed by atoms with Crippen molar-refractivity contribution in [1.29, 1.82) is 0 Å². The highest BCUT2D eigenvalue weighted by atomic mass is 16.5. The van der Waals surface area contributed by atoms with Crippen molar-refractivity contribution in [3.05, 3.63) is 35.4 Å². The number of hydrogen-bond acceptors (Lipinski definition) is 2. The molecule has 1 aliphatic rings. The Hall–Kier alpha value is -0.860. The Morgan fingerprint density at radius 2 is 2.00 bits per heavy atom. The van der Waals surface area contributed by atoms with Gasteiger partial charge in [0.25, 0.3) is 0 Å². The van der Waals surface area contributed by atoms with Crippen molar-refractivity contribution in [2.45, 2.75) is 39.2 Å². The fourth-order valence-electron chi connectivity index (χ4n) is 2.86. The lowest BCUT2D eigenvalue weighted by molar-refractivity contribution is 0.0605. The molecule has 0 spiro atoms. The summed E-state index contributed by atoms with van der Waals surface area (Å²) < 4.78 is 5.45. The summed E-state index contributed by atoms with van der Waals surface area (Å²) >= 11 is 0. The van der Waals surface area contributed by atoms with E-state index in [0.29, 0.717) is 6.04 Å². The van der Waals surface area contributed by atoms with E-state index in [1.54, 1.807) is 0 Å². The first-order chi connectivity index (χ1) is 8.81. The van der Waals surface area contributed by atoms with Crippen molar-refractivity contribution in [3.8, 4) is 0 Å². The van der Waals surface area contributed by atoms with E-state index in [1.165, 1.54) is 30.4 Å². The molecule has 1 aromatic rings. The molecule has 0 amide bonds. The highest BCUT2D eigenvalue weighted by molar-refractivity contribution is 5.28. The van der Waals surface area contributed by atoms with Crippen molar-refractivity contribution < 1.29 is 4.74 Å². The molecule has 0 radical (unpaired) electrons. The van der Waals surface area contributed by atoms with Crippen LogP contribution in [0.4, 0.5) is 0 Å². The van der Waals surface area contributed by atoms with Crippen molar-refractivity contribution >= 4 is 0 Å². The van der Waals surface area contributed by atoms with E-state index in [0.717, 1.165) is 25.7 Å². The summed E-state index contributed by atoms with van der Waals surface area (Å²) in [5.41, 5.74) is 2.86. The number of aryl methyl sites for hydroxylation is 1. The molecule has 1 saturated heterocycles. The van der Waals surface area contributed by atoms with Crippen molar-refractivity contribution in [3.63, 3.8) is 0 Å². The molecule has 1 atom stereocenters. The molecule has 1 unspecified atom stereocenters. The molecule has 100 valence electrons. The second-order valence-electron chi connectivity index (χ2n) is 5.26. The van der Waals surface area contributed by atoms with Gasteiger partial charge in [-0.25, -0.2) is 0 Å². The zero-order valence-corrected chi connectivity index (χ0v) is 11.6. The standard InChI is InChI=1S/C16H25NO/c1-3-17-16(12-14-8-10-18-11-9-14)15-7-5-4-6-13(15)2/h4-7,14,16-17H,3,8-12H2,1-2H3. The maximum absolute atomic E-state index is 5.45. The zero-order chi connectivity index (χ0) is 12.8. The lowest BCUT2D eigenvalue weighted by Gasteiger charge is -2.28. The summed E-state index contributed by atoms with van der Waals surface area (Å²) in [4.78, 5) is 0. The van der Waals surface area contributed by atoms with Crippen molar-refractivity contribution in [2.75, 3.05) is 19.8 Å². The summed E-state index contributed by atoms with van der Waals surface area (Å²) in [7, 11) is 0. The lowest BCUT2D eigenvalue weighted by Crippen LogP contribution is -2.26. The molecule has 1 heterocycles. The number of hydrogen-bond donors (Lipinski definition) is 1. The average molecular weight is 247 g/mol. The van der Waals surface area contributed by atoms with Crippen molar-refractivity contribution in [1.82, 2.24) is 5.32 Å². The van der Waals surface area contributed by atoms with E-state index in [9.17, 15) is 0 Å². The van der Waals surface area contributed by atoms with Crippen LogP contribution in [0.2, 0.25) is 0 Å². The van der Waals surface area contributed by atoms with Crippen LogP contribution in [0.1, 0.15) is 43.4 Å². The highest BCUT2D eigenvalue weighted by Gasteiger charge is 2.20. The summed E-state index contributed by atoms with van der Waals surface area (Å²) in [6.45, 7) is 7.32. The second-order valence-corrected chi connectivity index (χ2v) is 5.26. The molecule has 1 aliphatic heterocycles. The second kappa shape index (κ2) is 6.91. The molecular formula is C16H25NO. The Kier molecular flexibility index (Phi) is 5.21. The van der Waals surface area contributed by atoms with Crippen LogP contribution in [0.15, 0.2) is 24.3 Å². The molecule has 0 bridgehead atoms. The van der Waals surface area contributed by atoms with Gasteiger partial charge in [-0.05, 0) is 49.8 Å². The van der Waals surface area contributed by atoms with E-state index in [-0.39, 0.29) is 0 Å². The van der Waals surface area contributed by atoms with E-state index in [4.69, 9.17) is 4.74 Å². The van der Waals surface area contributed by atoms with Gasteiger partial charge in [0.05, 0.1) is 0 Å². The Balaban J connectivity index is 2.05. The largest absolute Gasteiger partial charge is 0.381 e. The first-order valence-electron chi connectivity index (χ1n) is 7.18. The predicted molar refractivity (Wildman–Crippen MR) is 75.8 cm³/mol. The van der Waals surface area contributed by atoms with Crippen LogP contribution < -0.4 is 5.32 Å². The number of ether oxygens (including phenoxy) is 1. The highest BCUT2D eigenvalue weighted by Crippen LogP contribution is 2.29. The van der Waals surface area contributed by atoms with Crippen LogP contribution >= 0.6 is 0 Å².